The molecule has 0 radical (unpaired) electrons. The maximum atomic E-state index is 12.6. The summed E-state index contributed by atoms with van der Waals surface area (Å²) in [5.74, 6) is 2.06. The molecule has 1 aliphatic heterocycles. The fraction of sp³-hybridized carbons (Fsp3) is 0.857. The standard InChI is InChI=1S/C14H20N2O2/c17-11-7-16(13(9-3-4-9)10-5-6-10)14(18)12(15-11)8-1-2-8/h8-10,12-13H,1-7H2,(H,15,17). The number of carbonyl (C=O) groups excluding carboxylic acids is 2. The Labute approximate surface area is 107 Å². The molecule has 4 heteroatoms. The largest absolute Gasteiger partial charge is 0.342 e. The quantitative estimate of drug-likeness (QED) is 0.804. The zero-order valence-electron chi connectivity index (χ0n) is 10.6. The third-order valence-corrected chi connectivity index (χ3v) is 4.84. The van der Waals surface area contributed by atoms with E-state index >= 15 is 0 Å². The van der Waals surface area contributed by atoms with Crippen molar-refractivity contribution >= 4 is 11.8 Å². The van der Waals surface area contributed by atoms with Crippen LogP contribution in [0.5, 0.6) is 0 Å². The number of piperazine rings is 1. The Morgan fingerprint density at radius 3 is 2.11 bits per heavy atom. The summed E-state index contributed by atoms with van der Waals surface area (Å²) in [4.78, 5) is 26.4. The van der Waals surface area contributed by atoms with Gasteiger partial charge in [-0.3, -0.25) is 9.59 Å². The molecule has 1 saturated heterocycles. The van der Waals surface area contributed by atoms with E-state index in [0.29, 0.717) is 30.3 Å². The molecule has 4 rings (SSSR count). The minimum atomic E-state index is -0.203. The number of nitrogens with zero attached hydrogens (tertiary/aromatic N) is 1. The molecule has 4 fully saturated rings. The van der Waals surface area contributed by atoms with Crippen molar-refractivity contribution in [2.75, 3.05) is 6.54 Å². The lowest BCUT2D eigenvalue weighted by atomic mass is 10.0. The monoisotopic (exact) mass is 248 g/mol. The minimum absolute atomic E-state index is 0.0535. The molecule has 1 unspecified atom stereocenters. The molecule has 0 spiro atoms. The number of nitrogens with one attached hydrogen (secondary N) is 1. The summed E-state index contributed by atoms with van der Waals surface area (Å²) in [5.41, 5.74) is 0. The third kappa shape index (κ3) is 1.82. The van der Waals surface area contributed by atoms with Crippen molar-refractivity contribution in [3.8, 4) is 0 Å². The molecule has 3 aliphatic carbocycles. The molecule has 98 valence electrons. The summed E-state index contributed by atoms with van der Waals surface area (Å²) in [6.07, 6.45) is 7.20. The van der Waals surface area contributed by atoms with E-state index in [4.69, 9.17) is 0 Å². The first kappa shape index (κ1) is 10.8. The van der Waals surface area contributed by atoms with Gasteiger partial charge in [-0.15, -0.1) is 0 Å². The van der Waals surface area contributed by atoms with Crippen LogP contribution >= 0.6 is 0 Å². The first-order valence-electron chi connectivity index (χ1n) is 7.34. The highest BCUT2D eigenvalue weighted by molar-refractivity contribution is 5.95. The molecule has 0 bridgehead atoms. The van der Waals surface area contributed by atoms with Crippen molar-refractivity contribution in [2.45, 2.75) is 50.6 Å². The second kappa shape index (κ2) is 3.72. The lowest BCUT2D eigenvalue weighted by Crippen LogP contribution is -2.62. The van der Waals surface area contributed by atoms with Crippen LogP contribution in [0, 0.1) is 17.8 Å². The number of hydrogen-bond acceptors (Lipinski definition) is 2. The molecule has 1 atom stereocenters. The van der Waals surface area contributed by atoms with Gasteiger partial charge >= 0.3 is 0 Å². The van der Waals surface area contributed by atoms with Gasteiger partial charge in [-0.1, -0.05) is 0 Å². The van der Waals surface area contributed by atoms with Gasteiger partial charge in [0.2, 0.25) is 11.8 Å². The minimum Gasteiger partial charge on any atom is -0.342 e. The van der Waals surface area contributed by atoms with Gasteiger partial charge in [0.1, 0.15) is 6.04 Å². The van der Waals surface area contributed by atoms with Gasteiger partial charge in [0.15, 0.2) is 0 Å². The van der Waals surface area contributed by atoms with Crippen LogP contribution in [0.25, 0.3) is 0 Å². The highest BCUT2D eigenvalue weighted by Gasteiger charge is 2.51. The van der Waals surface area contributed by atoms with Crippen molar-refractivity contribution in [3.05, 3.63) is 0 Å². The molecular weight excluding hydrogens is 228 g/mol. The fourth-order valence-electron chi connectivity index (χ4n) is 3.46. The first-order valence-corrected chi connectivity index (χ1v) is 7.34. The molecule has 1 N–H and O–H groups in total. The van der Waals surface area contributed by atoms with Gasteiger partial charge < -0.3 is 10.2 Å². The molecule has 0 aromatic carbocycles. The lowest BCUT2D eigenvalue weighted by molar-refractivity contribution is -0.148. The van der Waals surface area contributed by atoms with E-state index in [2.05, 4.69) is 5.32 Å². The van der Waals surface area contributed by atoms with E-state index in [9.17, 15) is 9.59 Å². The molecule has 0 aromatic heterocycles. The van der Waals surface area contributed by atoms with Crippen molar-refractivity contribution in [3.63, 3.8) is 0 Å². The van der Waals surface area contributed by atoms with Crippen LogP contribution in [-0.4, -0.2) is 35.3 Å². The van der Waals surface area contributed by atoms with Gasteiger partial charge in [-0.25, -0.2) is 0 Å². The van der Waals surface area contributed by atoms with Crippen LogP contribution in [0.2, 0.25) is 0 Å². The predicted octanol–water partition coefficient (Wildman–Crippen LogP) is 0.912. The molecule has 4 aliphatic rings. The summed E-state index contributed by atoms with van der Waals surface area (Å²) in [6, 6.07) is 0.177. The van der Waals surface area contributed by atoms with Crippen LogP contribution < -0.4 is 5.32 Å². The smallest absolute Gasteiger partial charge is 0.246 e. The maximum absolute atomic E-state index is 12.6. The highest BCUT2D eigenvalue weighted by Crippen LogP contribution is 2.48. The van der Waals surface area contributed by atoms with Crippen molar-refractivity contribution < 1.29 is 9.59 Å². The average Bonchev–Trinajstić information content (AvgIpc) is 3.19. The zero-order valence-corrected chi connectivity index (χ0v) is 10.6. The molecule has 0 aromatic rings. The van der Waals surface area contributed by atoms with Gasteiger partial charge in [-0.2, -0.15) is 0 Å². The first-order chi connectivity index (χ1) is 8.74. The summed E-state index contributed by atoms with van der Waals surface area (Å²) in [5, 5.41) is 2.90. The summed E-state index contributed by atoms with van der Waals surface area (Å²) < 4.78 is 0. The molecule has 3 saturated carbocycles. The highest BCUT2D eigenvalue weighted by atomic mass is 16.2. The van der Waals surface area contributed by atoms with E-state index in [1.165, 1.54) is 25.7 Å². The van der Waals surface area contributed by atoms with E-state index in [-0.39, 0.29) is 17.9 Å². The second-order valence-electron chi connectivity index (χ2n) is 6.51. The molecule has 4 nitrogen and oxygen atoms in total. The molecule has 18 heavy (non-hydrogen) atoms. The van der Waals surface area contributed by atoms with E-state index in [0.717, 1.165) is 12.8 Å². The van der Waals surface area contributed by atoms with Crippen molar-refractivity contribution in [2.24, 2.45) is 17.8 Å². The number of hydrogen-bond donors (Lipinski definition) is 1. The Morgan fingerprint density at radius 2 is 1.61 bits per heavy atom. The summed E-state index contributed by atoms with van der Waals surface area (Å²) >= 11 is 0. The van der Waals surface area contributed by atoms with Crippen LogP contribution in [0.15, 0.2) is 0 Å². The van der Waals surface area contributed by atoms with E-state index in [1.54, 1.807) is 0 Å². The van der Waals surface area contributed by atoms with Gasteiger partial charge in [0.05, 0.1) is 6.54 Å². The van der Waals surface area contributed by atoms with Crippen molar-refractivity contribution in [1.29, 1.82) is 0 Å². The van der Waals surface area contributed by atoms with Gasteiger partial charge in [0, 0.05) is 6.04 Å². The summed E-state index contributed by atoms with van der Waals surface area (Å²) in [7, 11) is 0. The molecule has 1 heterocycles. The SMILES string of the molecule is O=C1CN(C(C2CC2)C2CC2)C(=O)C(C2CC2)N1. The van der Waals surface area contributed by atoms with Crippen LogP contribution in [0.3, 0.4) is 0 Å². The Hall–Kier alpha value is -1.06. The zero-order chi connectivity index (χ0) is 12.3. The molecule has 2 amide bonds. The Bertz CT molecular complexity index is 385. The average molecular weight is 248 g/mol. The Kier molecular flexibility index (Phi) is 2.24. The maximum Gasteiger partial charge on any atom is 0.246 e. The van der Waals surface area contributed by atoms with E-state index in [1.807, 2.05) is 4.90 Å². The fourth-order valence-corrected chi connectivity index (χ4v) is 3.46. The topological polar surface area (TPSA) is 49.4 Å². The Morgan fingerprint density at radius 1 is 1.00 bits per heavy atom. The molecular formula is C14H20N2O2. The number of carbonyl (C=O) groups is 2. The summed E-state index contributed by atoms with van der Waals surface area (Å²) in [6.45, 7) is 0.305. The van der Waals surface area contributed by atoms with Crippen molar-refractivity contribution in [1.82, 2.24) is 10.2 Å². The van der Waals surface area contributed by atoms with Gasteiger partial charge in [0.25, 0.3) is 0 Å². The Balaban J connectivity index is 1.57. The third-order valence-electron chi connectivity index (χ3n) is 4.84. The lowest BCUT2D eigenvalue weighted by Gasteiger charge is -2.38. The number of amides is 2. The van der Waals surface area contributed by atoms with Crippen LogP contribution in [0.1, 0.15) is 38.5 Å². The predicted molar refractivity (Wildman–Crippen MR) is 65.6 cm³/mol. The van der Waals surface area contributed by atoms with Crippen LogP contribution in [-0.2, 0) is 9.59 Å². The van der Waals surface area contributed by atoms with E-state index < -0.39 is 0 Å². The van der Waals surface area contributed by atoms with Crippen LogP contribution in [0.4, 0.5) is 0 Å². The normalized spacial score (nSPS) is 32.9. The van der Waals surface area contributed by atoms with Gasteiger partial charge in [-0.05, 0) is 56.3 Å². The second-order valence-corrected chi connectivity index (χ2v) is 6.51. The number of rotatable bonds is 4.